The topological polar surface area (TPSA) is 56.0 Å². The highest BCUT2D eigenvalue weighted by Crippen LogP contribution is 2.32. The first kappa shape index (κ1) is 17.4. The molecule has 0 aliphatic rings. The molecule has 0 fully saturated rings. The normalized spacial score (nSPS) is 12.8. The van der Waals surface area contributed by atoms with Gasteiger partial charge in [0, 0.05) is 0 Å². The third kappa shape index (κ3) is 4.29. The Morgan fingerprint density at radius 3 is 2.52 bits per heavy atom. The Labute approximate surface area is 142 Å². The van der Waals surface area contributed by atoms with Crippen molar-refractivity contribution in [3.63, 3.8) is 0 Å². The first-order valence-electron chi connectivity index (χ1n) is 7.77. The van der Waals surface area contributed by atoms with E-state index in [-0.39, 0.29) is 17.2 Å². The van der Waals surface area contributed by atoms with Crippen molar-refractivity contribution in [2.75, 3.05) is 0 Å². The van der Waals surface area contributed by atoms with Crippen molar-refractivity contribution >= 4 is 17.2 Å². The fraction of sp³-hybridized carbons (Fsp3) is 0.368. The van der Waals surface area contributed by atoms with Crippen LogP contribution in [-0.4, -0.2) is 10.9 Å². The minimum Gasteiger partial charge on any atom is -0.369 e. The number of rotatable bonds is 7. The molecule has 2 rings (SSSR count). The average molecular weight is 328 g/mol. The zero-order valence-electron chi connectivity index (χ0n) is 14.0. The maximum absolute atomic E-state index is 11.9. The standard InChI is InChI=1S/C19H24N2OS/c1-5-19(3,4)11-10-16(18(20)22)14-6-8-15(9-7-14)17-13(2)21-12-23-17/h5-9,12,16H,1,10-11H2,2-4H3,(H2,20,22). The molecule has 0 radical (unpaired) electrons. The number of carbonyl (C=O) groups excluding carboxylic acids is 1. The molecule has 1 aromatic carbocycles. The summed E-state index contributed by atoms with van der Waals surface area (Å²) in [5.74, 6) is -0.530. The van der Waals surface area contributed by atoms with Gasteiger partial charge in [-0.15, -0.1) is 17.9 Å². The largest absolute Gasteiger partial charge is 0.369 e. The van der Waals surface area contributed by atoms with Gasteiger partial charge in [0.2, 0.25) is 5.91 Å². The predicted molar refractivity (Wildman–Crippen MR) is 97.4 cm³/mol. The lowest BCUT2D eigenvalue weighted by Crippen LogP contribution is -2.23. The first-order valence-corrected chi connectivity index (χ1v) is 8.65. The van der Waals surface area contributed by atoms with Crippen LogP contribution in [0.2, 0.25) is 0 Å². The summed E-state index contributed by atoms with van der Waals surface area (Å²) in [6.45, 7) is 10.1. The molecule has 122 valence electrons. The van der Waals surface area contributed by atoms with Crippen molar-refractivity contribution in [1.29, 1.82) is 0 Å². The highest BCUT2D eigenvalue weighted by Gasteiger charge is 2.22. The number of nitrogens with two attached hydrogens (primary N) is 1. The van der Waals surface area contributed by atoms with Gasteiger partial charge in [-0.25, -0.2) is 4.98 Å². The smallest absolute Gasteiger partial charge is 0.224 e. The molecule has 2 aromatic rings. The Hall–Kier alpha value is -1.94. The van der Waals surface area contributed by atoms with E-state index in [1.54, 1.807) is 11.3 Å². The fourth-order valence-electron chi connectivity index (χ4n) is 2.54. The van der Waals surface area contributed by atoms with E-state index in [0.29, 0.717) is 0 Å². The van der Waals surface area contributed by atoms with E-state index >= 15 is 0 Å². The van der Waals surface area contributed by atoms with Crippen LogP contribution < -0.4 is 5.73 Å². The molecule has 0 bridgehead atoms. The molecule has 4 heteroatoms. The molecule has 3 nitrogen and oxygen atoms in total. The second-order valence-electron chi connectivity index (χ2n) is 6.58. The van der Waals surface area contributed by atoms with Gasteiger partial charge in [0.15, 0.2) is 0 Å². The number of amides is 1. The molecule has 0 saturated carbocycles. The van der Waals surface area contributed by atoms with E-state index in [1.807, 2.05) is 42.8 Å². The van der Waals surface area contributed by atoms with E-state index < -0.39 is 0 Å². The molecule has 0 aliphatic heterocycles. The second kappa shape index (κ2) is 7.09. The Bertz CT molecular complexity index is 686. The molecule has 1 heterocycles. The van der Waals surface area contributed by atoms with E-state index in [9.17, 15) is 4.79 Å². The molecule has 23 heavy (non-hydrogen) atoms. The van der Waals surface area contributed by atoms with Gasteiger partial charge in [0.25, 0.3) is 0 Å². The van der Waals surface area contributed by atoms with Gasteiger partial charge in [-0.3, -0.25) is 4.79 Å². The molecule has 0 aliphatic carbocycles. The number of nitrogens with zero attached hydrogens (tertiary/aromatic N) is 1. The van der Waals surface area contributed by atoms with Gasteiger partial charge < -0.3 is 5.73 Å². The summed E-state index contributed by atoms with van der Waals surface area (Å²) in [7, 11) is 0. The lowest BCUT2D eigenvalue weighted by atomic mass is 9.82. The SMILES string of the molecule is C=CC(C)(C)CCC(C(N)=O)c1ccc(-c2scnc2C)cc1. The zero-order valence-corrected chi connectivity index (χ0v) is 14.8. The molecule has 2 N–H and O–H groups in total. The maximum atomic E-state index is 11.9. The van der Waals surface area contributed by atoms with Crippen LogP contribution in [0.15, 0.2) is 42.4 Å². The number of allylic oxidation sites excluding steroid dienone is 1. The summed E-state index contributed by atoms with van der Waals surface area (Å²) < 4.78 is 0. The minimum atomic E-state index is -0.272. The molecule has 1 atom stereocenters. The molecule has 1 aromatic heterocycles. The summed E-state index contributed by atoms with van der Waals surface area (Å²) >= 11 is 1.63. The van der Waals surface area contributed by atoms with Crippen LogP contribution in [-0.2, 0) is 4.79 Å². The Kier molecular flexibility index (Phi) is 5.37. The van der Waals surface area contributed by atoms with E-state index in [4.69, 9.17) is 5.73 Å². The Morgan fingerprint density at radius 2 is 2.04 bits per heavy atom. The summed E-state index contributed by atoms with van der Waals surface area (Å²) in [6, 6.07) is 8.10. The van der Waals surface area contributed by atoms with Gasteiger partial charge in [0.05, 0.1) is 22.0 Å². The van der Waals surface area contributed by atoms with Crippen LogP contribution in [0.1, 0.15) is 43.9 Å². The zero-order chi connectivity index (χ0) is 17.0. The van der Waals surface area contributed by atoms with Crippen LogP contribution in [0.4, 0.5) is 0 Å². The highest BCUT2D eigenvalue weighted by atomic mass is 32.1. The third-order valence-electron chi connectivity index (χ3n) is 4.29. The van der Waals surface area contributed by atoms with Gasteiger partial charge in [0.1, 0.15) is 0 Å². The summed E-state index contributed by atoms with van der Waals surface area (Å²) in [4.78, 5) is 17.3. The number of primary amides is 1. The Balaban J connectivity index is 2.19. The number of hydrogen-bond donors (Lipinski definition) is 1. The van der Waals surface area contributed by atoms with Crippen molar-refractivity contribution in [3.8, 4) is 10.4 Å². The summed E-state index contributed by atoms with van der Waals surface area (Å²) in [6.07, 6.45) is 3.54. The third-order valence-corrected chi connectivity index (χ3v) is 5.27. The number of aromatic nitrogens is 1. The van der Waals surface area contributed by atoms with E-state index in [2.05, 4.69) is 25.4 Å². The van der Waals surface area contributed by atoms with Crippen LogP contribution in [0, 0.1) is 12.3 Å². The van der Waals surface area contributed by atoms with E-state index in [0.717, 1.165) is 29.7 Å². The number of benzene rings is 1. The lowest BCUT2D eigenvalue weighted by molar-refractivity contribution is -0.119. The molecular weight excluding hydrogens is 304 g/mol. The fourth-order valence-corrected chi connectivity index (χ4v) is 3.35. The van der Waals surface area contributed by atoms with Crippen molar-refractivity contribution in [1.82, 2.24) is 4.98 Å². The van der Waals surface area contributed by atoms with Crippen molar-refractivity contribution < 1.29 is 4.79 Å². The van der Waals surface area contributed by atoms with Crippen LogP contribution in [0.3, 0.4) is 0 Å². The van der Waals surface area contributed by atoms with Crippen molar-refractivity contribution in [3.05, 3.63) is 53.7 Å². The molecule has 0 saturated heterocycles. The molecule has 1 amide bonds. The minimum absolute atomic E-state index is 0.00733. The number of thiazole rings is 1. The predicted octanol–water partition coefficient (Wildman–Crippen LogP) is 4.68. The van der Waals surface area contributed by atoms with Gasteiger partial charge in [-0.2, -0.15) is 0 Å². The summed E-state index contributed by atoms with van der Waals surface area (Å²) in [5, 5.41) is 0. The highest BCUT2D eigenvalue weighted by molar-refractivity contribution is 7.13. The molecular formula is C19H24N2OS. The van der Waals surface area contributed by atoms with Crippen LogP contribution >= 0.6 is 11.3 Å². The van der Waals surface area contributed by atoms with Crippen molar-refractivity contribution in [2.45, 2.75) is 39.5 Å². The monoisotopic (exact) mass is 328 g/mol. The van der Waals surface area contributed by atoms with Crippen molar-refractivity contribution in [2.24, 2.45) is 11.1 Å². The number of carbonyl (C=O) groups is 1. The lowest BCUT2D eigenvalue weighted by Gasteiger charge is -2.22. The number of aryl methyl sites for hydroxylation is 1. The van der Waals surface area contributed by atoms with Gasteiger partial charge >= 0.3 is 0 Å². The molecule has 0 spiro atoms. The number of hydrogen-bond acceptors (Lipinski definition) is 3. The maximum Gasteiger partial charge on any atom is 0.224 e. The van der Waals surface area contributed by atoms with Crippen LogP contribution in [0.5, 0.6) is 0 Å². The van der Waals surface area contributed by atoms with Gasteiger partial charge in [-0.05, 0) is 36.3 Å². The first-order chi connectivity index (χ1) is 10.8. The summed E-state index contributed by atoms with van der Waals surface area (Å²) in [5.41, 5.74) is 10.6. The second-order valence-corrected chi connectivity index (χ2v) is 7.43. The Morgan fingerprint density at radius 1 is 1.39 bits per heavy atom. The quantitative estimate of drug-likeness (QED) is 0.750. The molecule has 1 unspecified atom stereocenters. The van der Waals surface area contributed by atoms with Gasteiger partial charge in [-0.1, -0.05) is 44.2 Å². The average Bonchev–Trinajstić information content (AvgIpc) is 2.94. The van der Waals surface area contributed by atoms with Crippen LogP contribution in [0.25, 0.3) is 10.4 Å². The van der Waals surface area contributed by atoms with E-state index in [1.165, 1.54) is 4.88 Å².